The molecule has 1 fully saturated rings. The third kappa shape index (κ3) is 2.30. The van der Waals surface area contributed by atoms with Crippen LogP contribution in [0.1, 0.15) is 38.4 Å². The van der Waals surface area contributed by atoms with E-state index < -0.39 is 0 Å². The van der Waals surface area contributed by atoms with E-state index in [1.807, 2.05) is 13.0 Å². The number of hydrogen-bond donors (Lipinski definition) is 1. The SMILES string of the molecule is CCC1(Nc2cc(Br)nc(C)n2)CCC1. The molecule has 1 N–H and O–H groups in total. The summed E-state index contributed by atoms with van der Waals surface area (Å²) in [5.41, 5.74) is 0.292. The van der Waals surface area contributed by atoms with Gasteiger partial charge in [0, 0.05) is 11.6 Å². The molecule has 2 rings (SSSR count). The number of nitrogens with zero attached hydrogens (tertiary/aromatic N) is 2. The van der Waals surface area contributed by atoms with Crippen LogP contribution in [-0.4, -0.2) is 15.5 Å². The van der Waals surface area contributed by atoms with Gasteiger partial charge in [-0.2, -0.15) is 0 Å². The maximum absolute atomic E-state index is 4.40. The summed E-state index contributed by atoms with van der Waals surface area (Å²) in [6, 6.07) is 1.95. The predicted molar refractivity (Wildman–Crippen MR) is 65.0 cm³/mol. The summed E-state index contributed by atoms with van der Waals surface area (Å²) in [5, 5.41) is 3.54. The third-order valence-corrected chi connectivity index (χ3v) is 3.59. The summed E-state index contributed by atoms with van der Waals surface area (Å²) >= 11 is 3.39. The van der Waals surface area contributed by atoms with Crippen LogP contribution in [-0.2, 0) is 0 Å². The van der Waals surface area contributed by atoms with Crippen molar-refractivity contribution < 1.29 is 0 Å². The summed E-state index contributed by atoms with van der Waals surface area (Å²) in [6.45, 7) is 4.14. The van der Waals surface area contributed by atoms with Crippen molar-refractivity contribution in [3.05, 3.63) is 16.5 Å². The molecule has 3 nitrogen and oxygen atoms in total. The monoisotopic (exact) mass is 269 g/mol. The van der Waals surface area contributed by atoms with Gasteiger partial charge in [-0.3, -0.25) is 0 Å². The summed E-state index contributed by atoms with van der Waals surface area (Å²) < 4.78 is 0.850. The normalized spacial score (nSPS) is 18.3. The molecule has 4 heteroatoms. The van der Waals surface area contributed by atoms with E-state index in [1.54, 1.807) is 0 Å². The van der Waals surface area contributed by atoms with Gasteiger partial charge in [-0.05, 0) is 48.5 Å². The van der Waals surface area contributed by atoms with E-state index in [0.717, 1.165) is 22.7 Å². The average Bonchev–Trinajstić information content (AvgIpc) is 2.10. The summed E-state index contributed by atoms with van der Waals surface area (Å²) in [5.74, 6) is 1.74. The quantitative estimate of drug-likeness (QED) is 0.856. The molecule has 0 bridgehead atoms. The third-order valence-electron chi connectivity index (χ3n) is 3.19. The number of nitrogens with one attached hydrogen (secondary N) is 1. The van der Waals surface area contributed by atoms with E-state index in [0.29, 0.717) is 5.54 Å². The first-order valence-corrected chi connectivity index (χ1v) is 6.22. The molecule has 1 aromatic rings. The Morgan fingerprint density at radius 1 is 1.47 bits per heavy atom. The number of aryl methyl sites for hydroxylation is 1. The molecular weight excluding hydrogens is 254 g/mol. The molecule has 15 heavy (non-hydrogen) atoms. The second-order valence-electron chi connectivity index (χ2n) is 4.24. The first kappa shape index (κ1) is 10.9. The van der Waals surface area contributed by atoms with Crippen LogP contribution in [0.4, 0.5) is 5.82 Å². The van der Waals surface area contributed by atoms with Crippen molar-refractivity contribution in [3.8, 4) is 0 Å². The summed E-state index contributed by atoms with van der Waals surface area (Å²) in [7, 11) is 0. The molecule has 0 saturated heterocycles. The maximum Gasteiger partial charge on any atom is 0.131 e. The second-order valence-corrected chi connectivity index (χ2v) is 5.05. The van der Waals surface area contributed by atoms with Crippen molar-refractivity contribution in [2.24, 2.45) is 0 Å². The predicted octanol–water partition coefficient (Wildman–Crippen LogP) is 3.29. The summed E-state index contributed by atoms with van der Waals surface area (Å²) in [6.07, 6.45) is 4.99. The number of hydrogen-bond acceptors (Lipinski definition) is 3. The van der Waals surface area contributed by atoms with Crippen molar-refractivity contribution in [2.75, 3.05) is 5.32 Å². The van der Waals surface area contributed by atoms with Gasteiger partial charge in [0.1, 0.15) is 16.2 Å². The van der Waals surface area contributed by atoms with E-state index in [-0.39, 0.29) is 0 Å². The van der Waals surface area contributed by atoms with Gasteiger partial charge in [0.05, 0.1) is 0 Å². The highest BCUT2D eigenvalue weighted by molar-refractivity contribution is 9.10. The Labute approximate surface area is 98.8 Å². The number of aromatic nitrogens is 2. The molecule has 0 atom stereocenters. The molecule has 82 valence electrons. The molecule has 1 aromatic heterocycles. The van der Waals surface area contributed by atoms with Gasteiger partial charge in [-0.15, -0.1) is 0 Å². The first-order valence-electron chi connectivity index (χ1n) is 5.43. The Morgan fingerprint density at radius 2 is 2.20 bits per heavy atom. The second kappa shape index (κ2) is 4.08. The zero-order chi connectivity index (χ0) is 10.9. The average molecular weight is 270 g/mol. The van der Waals surface area contributed by atoms with Crippen LogP contribution in [0.15, 0.2) is 10.7 Å². The van der Waals surface area contributed by atoms with Crippen LogP contribution in [0.2, 0.25) is 0 Å². The molecule has 0 radical (unpaired) electrons. The zero-order valence-corrected chi connectivity index (χ0v) is 10.8. The lowest BCUT2D eigenvalue weighted by molar-refractivity contribution is 0.268. The molecule has 0 aromatic carbocycles. The lowest BCUT2D eigenvalue weighted by Crippen LogP contribution is -2.44. The van der Waals surface area contributed by atoms with Gasteiger partial charge < -0.3 is 5.32 Å². The molecule has 1 aliphatic carbocycles. The zero-order valence-electron chi connectivity index (χ0n) is 9.18. The van der Waals surface area contributed by atoms with Gasteiger partial charge in [-0.1, -0.05) is 6.92 Å². The van der Waals surface area contributed by atoms with E-state index in [2.05, 4.69) is 38.1 Å². The summed E-state index contributed by atoms with van der Waals surface area (Å²) in [4.78, 5) is 8.60. The van der Waals surface area contributed by atoms with Crippen LogP contribution in [0.3, 0.4) is 0 Å². The van der Waals surface area contributed by atoms with E-state index in [1.165, 1.54) is 19.3 Å². The number of halogens is 1. The maximum atomic E-state index is 4.40. The van der Waals surface area contributed by atoms with Crippen LogP contribution in [0.5, 0.6) is 0 Å². The Kier molecular flexibility index (Phi) is 2.96. The Balaban J connectivity index is 2.16. The topological polar surface area (TPSA) is 37.8 Å². The van der Waals surface area contributed by atoms with Crippen LogP contribution >= 0.6 is 15.9 Å². The van der Waals surface area contributed by atoms with Crippen LogP contribution in [0.25, 0.3) is 0 Å². The van der Waals surface area contributed by atoms with Gasteiger partial charge in [0.15, 0.2) is 0 Å². The molecule has 1 heterocycles. The molecule has 1 saturated carbocycles. The minimum atomic E-state index is 0.292. The Bertz CT molecular complexity index is 335. The van der Waals surface area contributed by atoms with Crippen molar-refractivity contribution >= 4 is 21.7 Å². The molecule has 0 amide bonds. The van der Waals surface area contributed by atoms with Crippen molar-refractivity contribution in [1.29, 1.82) is 0 Å². The number of rotatable bonds is 3. The minimum Gasteiger partial charge on any atom is -0.365 e. The Hall–Kier alpha value is -0.640. The van der Waals surface area contributed by atoms with Crippen molar-refractivity contribution in [3.63, 3.8) is 0 Å². The van der Waals surface area contributed by atoms with E-state index in [4.69, 9.17) is 0 Å². The Morgan fingerprint density at radius 3 is 2.67 bits per heavy atom. The molecule has 0 unspecified atom stereocenters. The highest BCUT2D eigenvalue weighted by Crippen LogP contribution is 2.37. The smallest absolute Gasteiger partial charge is 0.131 e. The van der Waals surface area contributed by atoms with E-state index in [9.17, 15) is 0 Å². The fourth-order valence-corrected chi connectivity index (χ4v) is 2.51. The molecular formula is C11H16BrN3. The van der Waals surface area contributed by atoms with E-state index >= 15 is 0 Å². The standard InChI is InChI=1S/C11H16BrN3/c1-3-11(5-4-6-11)15-10-7-9(12)13-8(2)14-10/h7H,3-6H2,1-2H3,(H,13,14,15). The van der Waals surface area contributed by atoms with Gasteiger partial charge >= 0.3 is 0 Å². The fourth-order valence-electron chi connectivity index (χ4n) is 2.04. The highest BCUT2D eigenvalue weighted by Gasteiger charge is 2.35. The fraction of sp³-hybridized carbons (Fsp3) is 0.636. The molecule has 1 aliphatic rings. The van der Waals surface area contributed by atoms with Crippen LogP contribution < -0.4 is 5.32 Å². The lowest BCUT2D eigenvalue weighted by Gasteiger charge is -2.42. The first-order chi connectivity index (χ1) is 7.13. The largest absolute Gasteiger partial charge is 0.365 e. The number of anilines is 1. The minimum absolute atomic E-state index is 0.292. The van der Waals surface area contributed by atoms with Crippen molar-refractivity contribution in [1.82, 2.24) is 9.97 Å². The van der Waals surface area contributed by atoms with Crippen LogP contribution in [0, 0.1) is 6.92 Å². The molecule has 0 aliphatic heterocycles. The highest BCUT2D eigenvalue weighted by atomic mass is 79.9. The van der Waals surface area contributed by atoms with Gasteiger partial charge in [0.2, 0.25) is 0 Å². The lowest BCUT2D eigenvalue weighted by atomic mass is 9.75. The van der Waals surface area contributed by atoms with Gasteiger partial charge in [-0.25, -0.2) is 9.97 Å². The van der Waals surface area contributed by atoms with Gasteiger partial charge in [0.25, 0.3) is 0 Å². The van der Waals surface area contributed by atoms with Crippen molar-refractivity contribution in [2.45, 2.75) is 45.1 Å². The molecule has 0 spiro atoms.